The normalized spacial score (nSPS) is 10.4. The fourth-order valence-corrected chi connectivity index (χ4v) is 1.58. The minimum atomic E-state index is -0.237. The number of aromatic nitrogens is 1. The van der Waals surface area contributed by atoms with Crippen LogP contribution < -0.4 is 4.74 Å². The van der Waals surface area contributed by atoms with E-state index in [0.29, 0.717) is 22.3 Å². The Balaban J connectivity index is 2.17. The second-order valence-electron chi connectivity index (χ2n) is 3.64. The summed E-state index contributed by atoms with van der Waals surface area (Å²) >= 11 is 5.83. The molecule has 0 fully saturated rings. The summed E-state index contributed by atoms with van der Waals surface area (Å²) < 4.78 is 5.51. The van der Waals surface area contributed by atoms with E-state index in [1.54, 1.807) is 36.4 Å². The maximum atomic E-state index is 9.05. The van der Waals surface area contributed by atoms with Crippen LogP contribution in [0.25, 0.3) is 0 Å². The van der Waals surface area contributed by atoms with E-state index < -0.39 is 0 Å². The van der Waals surface area contributed by atoms with Crippen LogP contribution in [-0.4, -0.2) is 15.2 Å². The van der Waals surface area contributed by atoms with Gasteiger partial charge in [0.25, 0.3) is 0 Å². The molecule has 2 N–H and O–H groups in total. The molecular formula is C13H12ClNO3. The van der Waals surface area contributed by atoms with Crippen molar-refractivity contribution in [3.8, 4) is 11.6 Å². The lowest BCUT2D eigenvalue weighted by molar-refractivity contribution is 0.275. The van der Waals surface area contributed by atoms with Gasteiger partial charge in [-0.2, -0.15) is 0 Å². The van der Waals surface area contributed by atoms with Crippen molar-refractivity contribution in [2.75, 3.05) is 0 Å². The minimum Gasteiger partial charge on any atom is -0.439 e. The molecule has 0 bridgehead atoms. The molecule has 0 aliphatic carbocycles. The van der Waals surface area contributed by atoms with Gasteiger partial charge in [-0.3, -0.25) is 0 Å². The molecule has 2 rings (SSSR count). The fraction of sp³-hybridized carbons (Fsp3) is 0.154. The van der Waals surface area contributed by atoms with E-state index in [4.69, 9.17) is 26.6 Å². The summed E-state index contributed by atoms with van der Waals surface area (Å²) in [6, 6.07) is 10.2. The predicted octanol–water partition coefficient (Wildman–Crippen LogP) is 2.51. The summed E-state index contributed by atoms with van der Waals surface area (Å²) in [6.07, 6.45) is 0. The van der Waals surface area contributed by atoms with E-state index in [1.807, 2.05) is 0 Å². The monoisotopic (exact) mass is 265 g/mol. The van der Waals surface area contributed by atoms with Crippen molar-refractivity contribution in [1.82, 2.24) is 4.98 Å². The van der Waals surface area contributed by atoms with Crippen LogP contribution in [0.3, 0.4) is 0 Å². The second kappa shape index (κ2) is 5.82. The van der Waals surface area contributed by atoms with Crippen LogP contribution in [0.15, 0.2) is 36.4 Å². The van der Waals surface area contributed by atoms with Crippen molar-refractivity contribution in [2.45, 2.75) is 13.2 Å². The van der Waals surface area contributed by atoms with Crippen molar-refractivity contribution in [1.29, 1.82) is 0 Å². The molecule has 5 heteroatoms. The molecule has 1 heterocycles. The van der Waals surface area contributed by atoms with Crippen LogP contribution in [0.4, 0.5) is 0 Å². The molecule has 2 aromatic rings. The Labute approximate surface area is 109 Å². The number of hydrogen-bond donors (Lipinski definition) is 2. The first kappa shape index (κ1) is 12.8. The fourth-order valence-electron chi connectivity index (χ4n) is 1.42. The summed E-state index contributed by atoms with van der Waals surface area (Å²) in [5.74, 6) is 0.964. The van der Waals surface area contributed by atoms with Gasteiger partial charge in [0.15, 0.2) is 0 Å². The van der Waals surface area contributed by atoms with Crippen molar-refractivity contribution in [3.63, 3.8) is 0 Å². The van der Waals surface area contributed by atoms with Crippen LogP contribution in [0.1, 0.15) is 11.3 Å². The Morgan fingerprint density at radius 1 is 1.00 bits per heavy atom. The lowest BCUT2D eigenvalue weighted by Gasteiger charge is -2.07. The van der Waals surface area contributed by atoms with Gasteiger partial charge in [0.2, 0.25) is 5.88 Å². The van der Waals surface area contributed by atoms with Crippen LogP contribution in [0.2, 0.25) is 5.02 Å². The molecule has 0 saturated carbocycles. The first-order valence-corrected chi connectivity index (χ1v) is 5.74. The average Bonchev–Trinajstić information content (AvgIpc) is 2.42. The highest BCUT2D eigenvalue weighted by Gasteiger charge is 2.04. The molecule has 0 atom stereocenters. The van der Waals surface area contributed by atoms with Gasteiger partial charge < -0.3 is 14.9 Å². The molecule has 1 aromatic carbocycles. The Morgan fingerprint density at radius 3 is 2.33 bits per heavy atom. The average molecular weight is 266 g/mol. The largest absolute Gasteiger partial charge is 0.439 e. The zero-order valence-corrected chi connectivity index (χ0v) is 10.3. The molecule has 94 valence electrons. The van der Waals surface area contributed by atoms with Gasteiger partial charge in [0.1, 0.15) is 5.75 Å². The third-order valence-corrected chi connectivity index (χ3v) is 2.72. The number of nitrogens with zero attached hydrogens (tertiary/aromatic N) is 1. The van der Waals surface area contributed by atoms with Crippen LogP contribution in [0, 0.1) is 0 Å². The molecule has 0 unspecified atom stereocenters. The summed E-state index contributed by atoms with van der Waals surface area (Å²) in [5, 5.41) is 18.4. The molecule has 0 spiro atoms. The molecule has 18 heavy (non-hydrogen) atoms. The Morgan fingerprint density at radius 2 is 1.72 bits per heavy atom. The maximum Gasteiger partial charge on any atom is 0.219 e. The lowest BCUT2D eigenvalue weighted by atomic mass is 10.2. The molecule has 0 amide bonds. The SMILES string of the molecule is OCc1ccc(Oc2ccc(Cl)c(CO)n2)cc1. The highest BCUT2D eigenvalue weighted by molar-refractivity contribution is 6.31. The molecule has 0 aliphatic rings. The zero-order valence-electron chi connectivity index (χ0n) is 9.51. The van der Waals surface area contributed by atoms with Gasteiger partial charge in [-0.1, -0.05) is 23.7 Å². The number of pyridine rings is 1. The Kier molecular flexibility index (Phi) is 4.15. The number of halogens is 1. The number of ether oxygens (including phenoxy) is 1. The molecule has 0 radical (unpaired) electrons. The Bertz CT molecular complexity index is 528. The summed E-state index contributed by atoms with van der Waals surface area (Å²) in [5.41, 5.74) is 1.18. The van der Waals surface area contributed by atoms with E-state index in [9.17, 15) is 0 Å². The van der Waals surface area contributed by atoms with E-state index >= 15 is 0 Å². The Hall–Kier alpha value is -1.62. The molecule has 0 aliphatic heterocycles. The third-order valence-electron chi connectivity index (χ3n) is 2.37. The molecular weight excluding hydrogens is 254 g/mol. The molecule has 1 aromatic heterocycles. The maximum absolute atomic E-state index is 9.05. The van der Waals surface area contributed by atoms with Gasteiger partial charge in [0.05, 0.1) is 23.9 Å². The van der Waals surface area contributed by atoms with E-state index in [0.717, 1.165) is 5.56 Å². The summed E-state index contributed by atoms with van der Waals surface area (Å²) in [7, 11) is 0. The standard InChI is InChI=1S/C13H12ClNO3/c14-11-5-6-13(15-12(11)8-17)18-10-3-1-9(7-16)2-4-10/h1-6,16-17H,7-8H2. The third kappa shape index (κ3) is 2.98. The van der Waals surface area contributed by atoms with Gasteiger partial charge in [-0.05, 0) is 23.8 Å². The van der Waals surface area contributed by atoms with Gasteiger partial charge in [-0.25, -0.2) is 4.98 Å². The topological polar surface area (TPSA) is 62.6 Å². The highest BCUT2D eigenvalue weighted by atomic mass is 35.5. The first-order chi connectivity index (χ1) is 8.72. The van der Waals surface area contributed by atoms with Gasteiger partial charge >= 0.3 is 0 Å². The van der Waals surface area contributed by atoms with Crippen molar-refractivity contribution < 1.29 is 14.9 Å². The van der Waals surface area contributed by atoms with Gasteiger partial charge in [-0.15, -0.1) is 0 Å². The van der Waals surface area contributed by atoms with Crippen LogP contribution >= 0.6 is 11.6 Å². The summed E-state index contributed by atoms with van der Waals surface area (Å²) in [6.45, 7) is -0.242. The van der Waals surface area contributed by atoms with Crippen LogP contribution in [0.5, 0.6) is 11.6 Å². The van der Waals surface area contributed by atoms with E-state index in [-0.39, 0.29) is 13.2 Å². The van der Waals surface area contributed by atoms with Crippen molar-refractivity contribution in [2.24, 2.45) is 0 Å². The number of rotatable bonds is 4. The predicted molar refractivity (Wildman–Crippen MR) is 67.6 cm³/mol. The van der Waals surface area contributed by atoms with E-state index in [2.05, 4.69) is 4.98 Å². The van der Waals surface area contributed by atoms with Gasteiger partial charge in [0, 0.05) is 6.07 Å². The highest BCUT2D eigenvalue weighted by Crippen LogP contribution is 2.23. The molecule has 0 saturated heterocycles. The zero-order chi connectivity index (χ0) is 13.0. The summed E-state index contributed by atoms with van der Waals surface area (Å²) in [4.78, 5) is 4.08. The van der Waals surface area contributed by atoms with Crippen molar-refractivity contribution >= 4 is 11.6 Å². The van der Waals surface area contributed by atoms with Crippen molar-refractivity contribution in [3.05, 3.63) is 52.7 Å². The number of aliphatic hydroxyl groups excluding tert-OH is 2. The molecule has 4 nitrogen and oxygen atoms in total. The number of benzene rings is 1. The van der Waals surface area contributed by atoms with Crippen LogP contribution in [-0.2, 0) is 13.2 Å². The smallest absolute Gasteiger partial charge is 0.219 e. The number of aliphatic hydroxyl groups is 2. The van der Waals surface area contributed by atoms with E-state index in [1.165, 1.54) is 0 Å². The minimum absolute atomic E-state index is 0.00582. The first-order valence-electron chi connectivity index (χ1n) is 5.37. The second-order valence-corrected chi connectivity index (χ2v) is 4.05. The quantitative estimate of drug-likeness (QED) is 0.892. The lowest BCUT2D eigenvalue weighted by Crippen LogP contribution is -1.94. The number of hydrogen-bond acceptors (Lipinski definition) is 4.